The Kier molecular flexibility index (Phi) is 8.29. The Morgan fingerprint density at radius 2 is 1.94 bits per heavy atom. The molecule has 2 N–H and O–H groups in total. The molecule has 2 aliphatic heterocycles. The second-order valence-electron chi connectivity index (χ2n) is 9.49. The third kappa shape index (κ3) is 6.87. The number of anilines is 1. The number of carbonyl (C=O) groups is 2. The number of amides is 2. The minimum Gasteiger partial charge on any atom is -0.375 e. The molecule has 4 rings (SSSR count). The first-order valence-corrected chi connectivity index (χ1v) is 12.2. The fourth-order valence-electron chi connectivity index (χ4n) is 5.03. The van der Waals surface area contributed by atoms with Crippen LogP contribution in [0.5, 0.6) is 0 Å². The zero-order valence-corrected chi connectivity index (χ0v) is 19.8. The molecule has 182 valence electrons. The SMILES string of the molecule is CC(=O)c1cccc(NC(=O)N[C@@H]2CCCO[C@@H]2CN2CCC[C@@H](Cc3ccc(F)cc3)C2)c1. The first-order valence-electron chi connectivity index (χ1n) is 12.2. The molecule has 2 heterocycles. The number of nitrogens with one attached hydrogen (secondary N) is 2. The van der Waals surface area contributed by atoms with Gasteiger partial charge in [-0.05, 0) is 81.3 Å². The Bertz CT molecular complexity index is 981. The summed E-state index contributed by atoms with van der Waals surface area (Å²) in [7, 11) is 0. The first kappa shape index (κ1) is 24.4. The van der Waals surface area contributed by atoms with Gasteiger partial charge in [-0.25, -0.2) is 9.18 Å². The van der Waals surface area contributed by atoms with E-state index in [1.807, 2.05) is 12.1 Å². The van der Waals surface area contributed by atoms with Crippen molar-refractivity contribution in [3.63, 3.8) is 0 Å². The summed E-state index contributed by atoms with van der Waals surface area (Å²) in [5.41, 5.74) is 2.34. The number of ketones is 1. The molecule has 3 atom stereocenters. The first-order chi connectivity index (χ1) is 16.5. The third-order valence-corrected chi connectivity index (χ3v) is 6.76. The Balaban J connectivity index is 1.30. The number of piperidine rings is 1. The van der Waals surface area contributed by atoms with Crippen LogP contribution < -0.4 is 10.6 Å². The van der Waals surface area contributed by atoms with Crippen LogP contribution in [0.25, 0.3) is 0 Å². The summed E-state index contributed by atoms with van der Waals surface area (Å²) in [6, 6.07) is 13.4. The van der Waals surface area contributed by atoms with Crippen LogP contribution >= 0.6 is 0 Å². The maximum Gasteiger partial charge on any atom is 0.319 e. The lowest BCUT2D eigenvalue weighted by Gasteiger charge is -2.39. The quantitative estimate of drug-likeness (QED) is 0.582. The molecule has 0 radical (unpaired) electrons. The highest BCUT2D eigenvalue weighted by Crippen LogP contribution is 2.23. The summed E-state index contributed by atoms with van der Waals surface area (Å²) in [5, 5.41) is 5.94. The van der Waals surface area contributed by atoms with Gasteiger partial charge in [0.1, 0.15) is 5.82 Å². The van der Waals surface area contributed by atoms with E-state index in [-0.39, 0.29) is 29.8 Å². The smallest absolute Gasteiger partial charge is 0.319 e. The van der Waals surface area contributed by atoms with Crippen LogP contribution in [0.1, 0.15) is 48.5 Å². The highest BCUT2D eigenvalue weighted by atomic mass is 19.1. The molecular formula is C27H34FN3O3. The molecule has 0 unspecified atom stereocenters. The molecule has 0 aromatic heterocycles. The molecule has 0 bridgehead atoms. The number of hydrogen-bond donors (Lipinski definition) is 2. The summed E-state index contributed by atoms with van der Waals surface area (Å²) in [6.07, 6.45) is 4.97. The van der Waals surface area contributed by atoms with Gasteiger partial charge in [-0.1, -0.05) is 24.3 Å². The maximum atomic E-state index is 13.2. The van der Waals surface area contributed by atoms with Gasteiger partial charge < -0.3 is 20.3 Å². The predicted molar refractivity (Wildman–Crippen MR) is 131 cm³/mol. The summed E-state index contributed by atoms with van der Waals surface area (Å²) < 4.78 is 19.3. The topological polar surface area (TPSA) is 70.7 Å². The number of urea groups is 1. The van der Waals surface area contributed by atoms with Crippen LogP contribution in [0.4, 0.5) is 14.9 Å². The van der Waals surface area contributed by atoms with Crippen molar-refractivity contribution in [2.75, 3.05) is 31.6 Å². The number of benzene rings is 2. The monoisotopic (exact) mass is 467 g/mol. The molecule has 7 heteroatoms. The lowest BCUT2D eigenvalue weighted by atomic mass is 9.90. The largest absolute Gasteiger partial charge is 0.375 e. The molecule has 2 aliphatic rings. The van der Waals surface area contributed by atoms with Gasteiger partial charge in [0, 0.05) is 30.9 Å². The van der Waals surface area contributed by atoms with Gasteiger partial charge in [0.15, 0.2) is 5.78 Å². The van der Waals surface area contributed by atoms with E-state index in [1.165, 1.54) is 31.0 Å². The van der Waals surface area contributed by atoms with Crippen molar-refractivity contribution in [3.8, 4) is 0 Å². The molecule has 2 saturated heterocycles. The Labute approximate surface area is 200 Å². The van der Waals surface area contributed by atoms with Crippen LogP contribution in [-0.4, -0.2) is 55.1 Å². The predicted octanol–water partition coefficient (Wildman–Crippen LogP) is 4.65. The highest BCUT2D eigenvalue weighted by molar-refractivity contribution is 5.96. The molecule has 0 saturated carbocycles. The van der Waals surface area contributed by atoms with E-state index in [9.17, 15) is 14.0 Å². The van der Waals surface area contributed by atoms with E-state index < -0.39 is 0 Å². The normalized spacial score (nSPS) is 23.3. The lowest BCUT2D eigenvalue weighted by Crippen LogP contribution is -2.53. The van der Waals surface area contributed by atoms with Gasteiger partial charge in [-0.15, -0.1) is 0 Å². The van der Waals surface area contributed by atoms with Crippen molar-refractivity contribution < 1.29 is 18.7 Å². The van der Waals surface area contributed by atoms with Gasteiger partial charge in [-0.3, -0.25) is 4.79 Å². The number of halogens is 1. The molecule has 0 spiro atoms. The standard InChI is InChI=1S/C27H34FN3O3/c1-19(32)22-6-2-7-24(16-22)29-27(33)30-25-8-4-14-34-26(25)18-31-13-3-5-21(17-31)15-20-9-11-23(28)12-10-20/h2,6-7,9-12,16,21,25-26H,3-5,8,13-15,17-18H2,1H3,(H2,29,30,33)/t21-,25+,26+/m0/s1. The zero-order chi connectivity index (χ0) is 23.9. The van der Waals surface area contributed by atoms with Crippen molar-refractivity contribution in [1.29, 1.82) is 0 Å². The number of rotatable bonds is 7. The van der Waals surface area contributed by atoms with E-state index in [2.05, 4.69) is 15.5 Å². The molecular weight excluding hydrogens is 433 g/mol. The molecule has 2 fully saturated rings. The number of hydrogen-bond acceptors (Lipinski definition) is 4. The highest BCUT2D eigenvalue weighted by Gasteiger charge is 2.31. The van der Waals surface area contributed by atoms with Crippen LogP contribution in [-0.2, 0) is 11.2 Å². The third-order valence-electron chi connectivity index (χ3n) is 6.76. The maximum absolute atomic E-state index is 13.2. The van der Waals surface area contributed by atoms with Crippen molar-refractivity contribution in [2.45, 2.75) is 51.2 Å². The molecule has 2 amide bonds. The Hall–Kier alpha value is -2.77. The minimum absolute atomic E-state index is 0.0379. The van der Waals surface area contributed by atoms with Gasteiger partial charge in [-0.2, -0.15) is 0 Å². The number of carbonyl (C=O) groups excluding carboxylic acids is 2. The van der Waals surface area contributed by atoms with Gasteiger partial charge >= 0.3 is 6.03 Å². The van der Waals surface area contributed by atoms with E-state index in [1.54, 1.807) is 24.3 Å². The van der Waals surface area contributed by atoms with Crippen molar-refractivity contribution in [2.24, 2.45) is 5.92 Å². The number of likely N-dealkylation sites (tertiary alicyclic amines) is 1. The minimum atomic E-state index is -0.283. The molecule has 2 aromatic rings. The van der Waals surface area contributed by atoms with Crippen molar-refractivity contribution >= 4 is 17.5 Å². The van der Waals surface area contributed by atoms with Crippen molar-refractivity contribution in [1.82, 2.24) is 10.2 Å². The van der Waals surface area contributed by atoms with E-state index in [0.717, 1.165) is 45.3 Å². The van der Waals surface area contributed by atoms with Crippen LogP contribution in [0.15, 0.2) is 48.5 Å². The lowest BCUT2D eigenvalue weighted by molar-refractivity contribution is -0.0306. The van der Waals surface area contributed by atoms with Crippen LogP contribution in [0, 0.1) is 11.7 Å². The average Bonchev–Trinajstić information content (AvgIpc) is 2.82. The number of ether oxygens (including phenoxy) is 1. The fourth-order valence-corrected chi connectivity index (χ4v) is 5.03. The van der Waals surface area contributed by atoms with Gasteiger partial charge in [0.05, 0.1) is 12.1 Å². The Morgan fingerprint density at radius 3 is 2.74 bits per heavy atom. The van der Waals surface area contributed by atoms with Crippen molar-refractivity contribution in [3.05, 3.63) is 65.5 Å². The second-order valence-corrected chi connectivity index (χ2v) is 9.49. The second kappa shape index (κ2) is 11.6. The molecule has 0 aliphatic carbocycles. The number of nitrogens with zero attached hydrogens (tertiary/aromatic N) is 1. The average molecular weight is 468 g/mol. The summed E-state index contributed by atoms with van der Waals surface area (Å²) in [4.78, 5) is 26.7. The van der Waals surface area contributed by atoms with E-state index >= 15 is 0 Å². The summed E-state index contributed by atoms with van der Waals surface area (Å²) in [5.74, 6) is 0.299. The van der Waals surface area contributed by atoms with E-state index in [0.29, 0.717) is 23.8 Å². The summed E-state index contributed by atoms with van der Waals surface area (Å²) >= 11 is 0. The van der Waals surface area contributed by atoms with Crippen LogP contribution in [0.2, 0.25) is 0 Å². The fraction of sp³-hybridized carbons (Fsp3) is 0.481. The Morgan fingerprint density at radius 1 is 1.12 bits per heavy atom. The molecule has 6 nitrogen and oxygen atoms in total. The zero-order valence-electron chi connectivity index (χ0n) is 19.8. The molecule has 2 aromatic carbocycles. The molecule has 34 heavy (non-hydrogen) atoms. The van der Waals surface area contributed by atoms with Gasteiger partial charge in [0.2, 0.25) is 0 Å². The van der Waals surface area contributed by atoms with Gasteiger partial charge in [0.25, 0.3) is 0 Å². The van der Waals surface area contributed by atoms with Crippen LogP contribution in [0.3, 0.4) is 0 Å². The summed E-state index contributed by atoms with van der Waals surface area (Å²) in [6.45, 7) is 5.00. The number of Topliss-reactive ketones (excluding diaryl/α,β-unsaturated/α-hetero) is 1. The van der Waals surface area contributed by atoms with E-state index in [4.69, 9.17) is 4.74 Å².